The monoisotopic (exact) mass is 350 g/mol. The molecule has 0 saturated heterocycles. The molecule has 1 aromatic carbocycles. The summed E-state index contributed by atoms with van der Waals surface area (Å²) in [7, 11) is -2.57. The molecule has 1 heterocycles. The van der Waals surface area contributed by atoms with E-state index in [2.05, 4.69) is 9.71 Å². The number of sulfonamides is 1. The van der Waals surface area contributed by atoms with E-state index in [1.165, 1.54) is 13.2 Å². The first-order valence-corrected chi connectivity index (χ1v) is 8.92. The van der Waals surface area contributed by atoms with Crippen molar-refractivity contribution >= 4 is 26.9 Å². The Kier molecular flexibility index (Phi) is 4.06. The van der Waals surface area contributed by atoms with Gasteiger partial charge in [0.05, 0.1) is 11.6 Å². The summed E-state index contributed by atoms with van der Waals surface area (Å²) >= 11 is 0. The van der Waals surface area contributed by atoms with Gasteiger partial charge in [0.25, 0.3) is 0 Å². The van der Waals surface area contributed by atoms with Crippen LogP contribution in [0.3, 0.4) is 0 Å². The van der Waals surface area contributed by atoms with Crippen LogP contribution in [0.15, 0.2) is 35.2 Å². The third-order valence-electron chi connectivity index (χ3n) is 4.34. The second-order valence-corrected chi connectivity index (χ2v) is 7.69. The van der Waals surface area contributed by atoms with Gasteiger partial charge >= 0.3 is 5.97 Å². The normalized spacial score (nSPS) is 23.8. The van der Waals surface area contributed by atoms with Crippen molar-refractivity contribution in [1.82, 2.24) is 9.71 Å². The predicted molar refractivity (Wildman–Crippen MR) is 87.2 cm³/mol. The number of carboxylic acid groups (broad SMARTS) is 1. The largest absolute Gasteiger partial charge is 0.480 e. The van der Waals surface area contributed by atoms with Gasteiger partial charge in [0.1, 0.15) is 10.4 Å². The quantitative estimate of drug-likeness (QED) is 0.845. The van der Waals surface area contributed by atoms with Gasteiger partial charge in [0.2, 0.25) is 10.0 Å². The highest BCUT2D eigenvalue weighted by atomic mass is 32.2. The highest BCUT2D eigenvalue weighted by Crippen LogP contribution is 2.36. The third kappa shape index (κ3) is 2.77. The topological polar surface area (TPSA) is 106 Å². The van der Waals surface area contributed by atoms with Gasteiger partial charge in [-0.2, -0.15) is 4.72 Å². The maximum Gasteiger partial charge on any atom is 0.325 e. The lowest BCUT2D eigenvalue weighted by molar-refractivity contribution is -0.154. The summed E-state index contributed by atoms with van der Waals surface area (Å²) in [4.78, 5) is 15.9. The van der Waals surface area contributed by atoms with Crippen molar-refractivity contribution in [1.29, 1.82) is 0 Å². The zero-order valence-corrected chi connectivity index (χ0v) is 14.1. The fourth-order valence-corrected chi connectivity index (χ4v) is 4.49. The lowest BCUT2D eigenvalue weighted by atomic mass is 9.75. The van der Waals surface area contributed by atoms with E-state index in [9.17, 15) is 18.3 Å². The first kappa shape index (κ1) is 16.8. The summed E-state index contributed by atoms with van der Waals surface area (Å²) in [5, 5.41) is 10.1. The van der Waals surface area contributed by atoms with Crippen molar-refractivity contribution < 1.29 is 23.1 Å². The van der Waals surface area contributed by atoms with Gasteiger partial charge in [-0.15, -0.1) is 0 Å². The first-order chi connectivity index (χ1) is 11.3. The number of hydrogen-bond acceptors (Lipinski definition) is 5. The molecule has 7 nitrogen and oxygen atoms in total. The summed E-state index contributed by atoms with van der Waals surface area (Å²) in [5.74, 6) is -1.20. The molecule has 0 aliphatic heterocycles. The number of methoxy groups -OCH3 is 1. The maximum absolute atomic E-state index is 12.8. The van der Waals surface area contributed by atoms with Gasteiger partial charge in [0.15, 0.2) is 0 Å². The van der Waals surface area contributed by atoms with E-state index in [1.807, 2.05) is 0 Å². The maximum atomic E-state index is 12.8. The van der Waals surface area contributed by atoms with Crippen molar-refractivity contribution in [3.8, 4) is 0 Å². The minimum atomic E-state index is -4.05. The van der Waals surface area contributed by atoms with E-state index in [1.54, 1.807) is 31.2 Å². The zero-order valence-electron chi connectivity index (χ0n) is 13.3. The molecule has 2 N–H and O–H groups in total. The number of benzene rings is 1. The summed E-state index contributed by atoms with van der Waals surface area (Å²) in [5.41, 5.74) is -0.528. The van der Waals surface area contributed by atoms with Crippen LogP contribution in [0, 0.1) is 6.92 Å². The number of carbonyl (C=O) groups is 1. The van der Waals surface area contributed by atoms with Crippen molar-refractivity contribution in [2.24, 2.45) is 0 Å². The molecule has 0 unspecified atom stereocenters. The SMILES string of the molecule is COC1CC(NS(=O)(=O)c2cccc3ccc(C)nc23)(C(=O)O)C1. The molecule has 0 bridgehead atoms. The second-order valence-electron chi connectivity index (χ2n) is 6.04. The minimum absolute atomic E-state index is 0.0230. The number of aromatic nitrogens is 1. The van der Waals surface area contributed by atoms with Crippen LogP contribution in [0.4, 0.5) is 0 Å². The van der Waals surface area contributed by atoms with Gasteiger partial charge in [0, 0.05) is 31.0 Å². The van der Waals surface area contributed by atoms with E-state index in [0.717, 1.165) is 0 Å². The molecule has 1 aliphatic rings. The Morgan fingerprint density at radius 3 is 2.67 bits per heavy atom. The highest BCUT2D eigenvalue weighted by molar-refractivity contribution is 7.89. The third-order valence-corrected chi connectivity index (χ3v) is 5.90. The molecule has 3 rings (SSSR count). The Bertz CT molecular complexity index is 904. The molecular weight excluding hydrogens is 332 g/mol. The molecule has 1 fully saturated rings. The molecule has 0 spiro atoms. The molecule has 128 valence electrons. The zero-order chi connectivity index (χ0) is 17.5. The van der Waals surface area contributed by atoms with Crippen LogP contribution in [0.2, 0.25) is 0 Å². The van der Waals surface area contributed by atoms with E-state index in [0.29, 0.717) is 16.6 Å². The number of aliphatic carboxylic acids is 1. The fraction of sp³-hybridized carbons (Fsp3) is 0.375. The standard InChI is InChI=1S/C16H18N2O5S/c1-10-6-7-11-4-3-5-13(14(11)17-10)24(21,22)18-16(15(19)20)8-12(9-16)23-2/h3-7,12,18H,8-9H2,1-2H3,(H,19,20). The van der Waals surface area contributed by atoms with Crippen molar-refractivity contribution in [2.45, 2.75) is 36.3 Å². The fourth-order valence-electron chi connectivity index (χ4n) is 2.93. The van der Waals surface area contributed by atoms with Crippen LogP contribution >= 0.6 is 0 Å². The molecule has 0 atom stereocenters. The number of hydrogen-bond donors (Lipinski definition) is 2. The van der Waals surface area contributed by atoms with Crippen molar-refractivity contribution in [3.63, 3.8) is 0 Å². The Labute approximate surface area is 139 Å². The molecule has 2 aromatic rings. The smallest absolute Gasteiger partial charge is 0.325 e. The van der Waals surface area contributed by atoms with Gasteiger partial charge in [-0.1, -0.05) is 18.2 Å². The second kappa shape index (κ2) is 5.80. The predicted octanol–water partition coefficient (Wildman–Crippen LogP) is 1.45. The molecular formula is C16H18N2O5S. The molecule has 1 aromatic heterocycles. The molecule has 8 heteroatoms. The number of nitrogens with zero attached hydrogens (tertiary/aromatic N) is 1. The van der Waals surface area contributed by atoms with Crippen molar-refractivity contribution in [2.75, 3.05) is 7.11 Å². The summed E-state index contributed by atoms with van der Waals surface area (Å²) < 4.78 is 33.1. The minimum Gasteiger partial charge on any atom is -0.480 e. The molecule has 0 amide bonds. The number of rotatable bonds is 5. The van der Waals surface area contributed by atoms with Crippen LogP contribution in [-0.2, 0) is 19.6 Å². The first-order valence-electron chi connectivity index (χ1n) is 7.44. The lowest BCUT2D eigenvalue weighted by Crippen LogP contribution is -2.64. The summed E-state index contributed by atoms with van der Waals surface area (Å²) in [6.45, 7) is 1.77. The number of pyridine rings is 1. The Morgan fingerprint density at radius 2 is 2.04 bits per heavy atom. The van der Waals surface area contributed by atoms with E-state index >= 15 is 0 Å². The van der Waals surface area contributed by atoms with E-state index in [-0.39, 0.29) is 23.8 Å². The average molecular weight is 350 g/mol. The number of carboxylic acids is 1. The summed E-state index contributed by atoms with van der Waals surface area (Å²) in [6.07, 6.45) is -0.0819. The van der Waals surface area contributed by atoms with Gasteiger partial charge in [-0.3, -0.25) is 9.78 Å². The molecule has 24 heavy (non-hydrogen) atoms. The summed E-state index contributed by atoms with van der Waals surface area (Å²) in [6, 6.07) is 8.38. The number of aryl methyl sites for hydroxylation is 1. The lowest BCUT2D eigenvalue weighted by Gasteiger charge is -2.43. The van der Waals surface area contributed by atoms with Crippen LogP contribution < -0.4 is 4.72 Å². The number of fused-ring (bicyclic) bond motifs is 1. The average Bonchev–Trinajstić information content (AvgIpc) is 2.49. The molecule has 0 radical (unpaired) electrons. The van der Waals surface area contributed by atoms with Crippen LogP contribution in [0.1, 0.15) is 18.5 Å². The van der Waals surface area contributed by atoms with Gasteiger partial charge < -0.3 is 9.84 Å². The van der Waals surface area contributed by atoms with Crippen molar-refractivity contribution in [3.05, 3.63) is 36.0 Å². The van der Waals surface area contributed by atoms with E-state index < -0.39 is 21.5 Å². The Hall–Kier alpha value is -2.03. The number of para-hydroxylation sites is 1. The Morgan fingerprint density at radius 1 is 1.33 bits per heavy atom. The molecule has 1 aliphatic carbocycles. The Balaban J connectivity index is 2.03. The van der Waals surface area contributed by atoms with Crippen LogP contribution in [-0.4, -0.2) is 43.2 Å². The number of nitrogens with one attached hydrogen (secondary N) is 1. The van der Waals surface area contributed by atoms with Gasteiger partial charge in [-0.25, -0.2) is 8.42 Å². The number of ether oxygens (including phenoxy) is 1. The highest BCUT2D eigenvalue weighted by Gasteiger charge is 2.53. The van der Waals surface area contributed by atoms with Crippen LogP contribution in [0.25, 0.3) is 10.9 Å². The van der Waals surface area contributed by atoms with E-state index in [4.69, 9.17) is 4.74 Å². The van der Waals surface area contributed by atoms with Gasteiger partial charge in [-0.05, 0) is 19.1 Å². The van der Waals surface area contributed by atoms with Crippen LogP contribution in [0.5, 0.6) is 0 Å². The molecule has 1 saturated carbocycles.